The van der Waals surface area contributed by atoms with Gasteiger partial charge in [0.2, 0.25) is 0 Å². The van der Waals surface area contributed by atoms with Crippen molar-refractivity contribution < 1.29 is 31.6 Å². The second-order valence-electron chi connectivity index (χ2n) is 7.28. The molecule has 3 N–H and O–H groups in total. The van der Waals surface area contributed by atoms with Crippen molar-refractivity contribution in [2.24, 2.45) is 0 Å². The number of furan rings is 1. The minimum Gasteiger partial charge on any atom is -0.459 e. The number of halogens is 4. The summed E-state index contributed by atoms with van der Waals surface area (Å²) in [7, 11) is 0. The van der Waals surface area contributed by atoms with Crippen LogP contribution in [0.4, 0.5) is 28.0 Å². The van der Waals surface area contributed by atoms with E-state index in [0.29, 0.717) is 11.3 Å². The zero-order valence-electron chi connectivity index (χ0n) is 17.1. The number of carbonyl (C=O) groups is 2. The van der Waals surface area contributed by atoms with Crippen molar-refractivity contribution in [1.29, 1.82) is 0 Å². The Labute approximate surface area is 185 Å². The van der Waals surface area contributed by atoms with Crippen LogP contribution in [0.2, 0.25) is 0 Å². The molecule has 6 nitrogen and oxygen atoms in total. The van der Waals surface area contributed by atoms with Gasteiger partial charge in [-0.3, -0.25) is 4.79 Å². The van der Waals surface area contributed by atoms with E-state index in [-0.39, 0.29) is 17.0 Å². The zero-order valence-corrected chi connectivity index (χ0v) is 17.1. The fourth-order valence-electron chi connectivity index (χ4n) is 3.51. The van der Waals surface area contributed by atoms with Crippen molar-refractivity contribution >= 4 is 17.6 Å². The van der Waals surface area contributed by atoms with Crippen LogP contribution in [0.15, 0.2) is 76.4 Å². The molecular formula is C23H17F4N3O3. The van der Waals surface area contributed by atoms with Gasteiger partial charge in [-0.25, -0.2) is 9.18 Å². The largest absolute Gasteiger partial charge is 0.459 e. The van der Waals surface area contributed by atoms with E-state index in [4.69, 9.17) is 4.42 Å². The van der Waals surface area contributed by atoms with E-state index in [9.17, 15) is 27.2 Å². The van der Waals surface area contributed by atoms with Gasteiger partial charge in [-0.1, -0.05) is 12.1 Å². The summed E-state index contributed by atoms with van der Waals surface area (Å²) in [6.07, 6.45) is -4.67. The molecule has 4 rings (SSSR count). The number of amides is 3. The third-order valence-corrected chi connectivity index (χ3v) is 5.03. The summed E-state index contributed by atoms with van der Waals surface area (Å²) >= 11 is 0. The fraction of sp³-hybridized carbons (Fsp3) is 0.130. The first-order valence-corrected chi connectivity index (χ1v) is 9.75. The van der Waals surface area contributed by atoms with Gasteiger partial charge in [0.25, 0.3) is 5.91 Å². The van der Waals surface area contributed by atoms with E-state index in [1.165, 1.54) is 49.4 Å². The van der Waals surface area contributed by atoms with Crippen molar-refractivity contribution in [2.45, 2.75) is 19.1 Å². The highest BCUT2D eigenvalue weighted by atomic mass is 19.4. The summed E-state index contributed by atoms with van der Waals surface area (Å²) in [5, 5.41) is 7.29. The Bertz CT molecular complexity index is 1250. The number of hydrogen-bond donors (Lipinski definition) is 3. The number of para-hydroxylation sites is 1. The summed E-state index contributed by atoms with van der Waals surface area (Å²) in [5.74, 6) is -0.732. The molecule has 0 aliphatic carbocycles. The van der Waals surface area contributed by atoms with Crippen LogP contribution < -0.4 is 16.0 Å². The summed E-state index contributed by atoms with van der Waals surface area (Å²) in [4.78, 5) is 25.1. The van der Waals surface area contributed by atoms with E-state index < -0.39 is 41.2 Å². The standard InChI is InChI=1S/C23H17F4N3O3/c1-12-19(21(31)29-16-5-3-2-4-15(16)23(25,26)27)20(30-22(32)28-12)18-11-10-17(33-18)13-6-8-14(24)9-7-13/h2-11,20H,1H3,(H,29,31)(H2,28,30,32). The van der Waals surface area contributed by atoms with Crippen molar-refractivity contribution in [2.75, 3.05) is 5.32 Å². The Kier molecular flexibility index (Phi) is 5.67. The average Bonchev–Trinajstić information content (AvgIpc) is 3.23. The first-order chi connectivity index (χ1) is 15.6. The number of alkyl halides is 3. The van der Waals surface area contributed by atoms with E-state index in [1.807, 2.05) is 0 Å². The van der Waals surface area contributed by atoms with Gasteiger partial charge in [0.05, 0.1) is 16.8 Å². The average molecular weight is 459 g/mol. The van der Waals surface area contributed by atoms with Crippen molar-refractivity contribution in [3.8, 4) is 11.3 Å². The molecule has 1 unspecified atom stereocenters. The zero-order chi connectivity index (χ0) is 23.8. The summed E-state index contributed by atoms with van der Waals surface area (Å²) in [6, 6.07) is 11.5. The highest BCUT2D eigenvalue weighted by molar-refractivity contribution is 6.07. The van der Waals surface area contributed by atoms with Crippen molar-refractivity contribution in [3.63, 3.8) is 0 Å². The minimum atomic E-state index is -4.67. The van der Waals surface area contributed by atoms with Gasteiger partial charge in [0, 0.05) is 11.3 Å². The van der Waals surface area contributed by atoms with Crippen molar-refractivity contribution in [1.82, 2.24) is 10.6 Å². The van der Waals surface area contributed by atoms with Crippen LogP contribution in [0, 0.1) is 5.82 Å². The molecular weight excluding hydrogens is 442 g/mol. The van der Waals surface area contributed by atoms with Crippen LogP contribution in [0.25, 0.3) is 11.3 Å². The molecule has 33 heavy (non-hydrogen) atoms. The van der Waals surface area contributed by atoms with Gasteiger partial charge in [0.15, 0.2) is 0 Å². The lowest BCUT2D eigenvalue weighted by molar-refractivity contribution is -0.137. The molecule has 1 atom stereocenters. The topological polar surface area (TPSA) is 83.4 Å². The van der Waals surface area contributed by atoms with E-state index in [1.54, 1.807) is 6.07 Å². The summed E-state index contributed by atoms with van der Waals surface area (Å²) in [6.45, 7) is 1.46. The fourth-order valence-corrected chi connectivity index (χ4v) is 3.51. The lowest BCUT2D eigenvalue weighted by atomic mass is 9.99. The van der Waals surface area contributed by atoms with Crippen LogP contribution in [0.3, 0.4) is 0 Å². The third-order valence-electron chi connectivity index (χ3n) is 5.03. The van der Waals surface area contributed by atoms with E-state index in [0.717, 1.165) is 12.1 Å². The third kappa shape index (κ3) is 4.59. The maximum absolute atomic E-state index is 13.3. The first kappa shape index (κ1) is 22.1. The molecule has 0 bridgehead atoms. The van der Waals surface area contributed by atoms with Crippen molar-refractivity contribution in [3.05, 3.63) is 89.1 Å². The number of nitrogens with one attached hydrogen (secondary N) is 3. The predicted molar refractivity (Wildman–Crippen MR) is 111 cm³/mol. The van der Waals surface area contributed by atoms with Crippen LogP contribution in [-0.4, -0.2) is 11.9 Å². The Morgan fingerprint density at radius 2 is 1.73 bits per heavy atom. The highest BCUT2D eigenvalue weighted by Gasteiger charge is 2.36. The SMILES string of the molecule is CC1=C(C(=O)Nc2ccccc2C(F)(F)F)C(c2ccc(-c3ccc(F)cc3)o2)NC(=O)N1. The van der Waals surface area contributed by atoms with Gasteiger partial charge in [0.1, 0.15) is 23.4 Å². The van der Waals surface area contributed by atoms with E-state index >= 15 is 0 Å². The number of allylic oxidation sites excluding steroid dienone is 1. The second kappa shape index (κ2) is 8.45. The number of benzene rings is 2. The number of anilines is 1. The highest BCUT2D eigenvalue weighted by Crippen LogP contribution is 2.36. The van der Waals surface area contributed by atoms with Crippen LogP contribution in [0.5, 0.6) is 0 Å². The first-order valence-electron chi connectivity index (χ1n) is 9.75. The van der Waals surface area contributed by atoms with Gasteiger partial charge < -0.3 is 20.4 Å². The smallest absolute Gasteiger partial charge is 0.418 e. The van der Waals surface area contributed by atoms with Gasteiger partial charge in [-0.05, 0) is 55.5 Å². The van der Waals surface area contributed by atoms with Crippen LogP contribution >= 0.6 is 0 Å². The number of carbonyl (C=O) groups excluding carboxylic acids is 2. The molecule has 10 heteroatoms. The summed E-state index contributed by atoms with van der Waals surface area (Å²) < 4.78 is 59.0. The quantitative estimate of drug-likeness (QED) is 0.459. The maximum Gasteiger partial charge on any atom is 0.418 e. The molecule has 0 saturated carbocycles. The molecule has 0 fully saturated rings. The molecule has 170 valence electrons. The Balaban J connectivity index is 1.67. The molecule has 0 spiro atoms. The maximum atomic E-state index is 13.3. The van der Waals surface area contributed by atoms with Gasteiger partial charge in [-0.15, -0.1) is 0 Å². The lowest BCUT2D eigenvalue weighted by Gasteiger charge is -2.27. The molecule has 2 heterocycles. The molecule has 1 aliphatic rings. The molecule has 0 saturated heterocycles. The number of rotatable bonds is 4. The van der Waals surface area contributed by atoms with E-state index in [2.05, 4.69) is 16.0 Å². The molecule has 0 radical (unpaired) electrons. The minimum absolute atomic E-state index is 0.0217. The molecule has 3 aromatic rings. The molecule has 1 aliphatic heterocycles. The second-order valence-corrected chi connectivity index (χ2v) is 7.28. The molecule has 2 aromatic carbocycles. The number of urea groups is 1. The van der Waals surface area contributed by atoms with Gasteiger partial charge in [-0.2, -0.15) is 13.2 Å². The Morgan fingerprint density at radius 1 is 1.03 bits per heavy atom. The van der Waals surface area contributed by atoms with Crippen LogP contribution in [0.1, 0.15) is 24.3 Å². The monoisotopic (exact) mass is 459 g/mol. The summed E-state index contributed by atoms with van der Waals surface area (Å²) in [5.41, 5.74) is -0.722. The number of hydrogen-bond acceptors (Lipinski definition) is 3. The molecule has 1 aromatic heterocycles. The Morgan fingerprint density at radius 3 is 2.42 bits per heavy atom. The predicted octanol–water partition coefficient (Wildman–Crippen LogP) is 5.37. The van der Waals surface area contributed by atoms with Gasteiger partial charge >= 0.3 is 12.2 Å². The normalized spacial score (nSPS) is 16.3. The molecule has 3 amide bonds. The Hall–Kier alpha value is -4.08. The van der Waals surface area contributed by atoms with Crippen LogP contribution in [-0.2, 0) is 11.0 Å². The lowest BCUT2D eigenvalue weighted by Crippen LogP contribution is -2.45.